The lowest BCUT2D eigenvalue weighted by Gasteiger charge is -2.33. The van der Waals surface area contributed by atoms with Crippen molar-refractivity contribution in [2.75, 3.05) is 18.7 Å². The molecule has 0 saturated carbocycles. The van der Waals surface area contributed by atoms with Gasteiger partial charge in [-0.3, -0.25) is 14.9 Å². The van der Waals surface area contributed by atoms with Crippen molar-refractivity contribution in [2.24, 2.45) is 0 Å². The Balaban J connectivity index is 1.38. The van der Waals surface area contributed by atoms with E-state index in [9.17, 15) is 9.59 Å². The van der Waals surface area contributed by atoms with E-state index in [4.69, 9.17) is 9.47 Å². The second-order valence-electron chi connectivity index (χ2n) is 7.45. The second kappa shape index (κ2) is 8.39. The number of hydrogen-bond donors (Lipinski definition) is 1. The summed E-state index contributed by atoms with van der Waals surface area (Å²) < 4.78 is 10.8. The van der Waals surface area contributed by atoms with Gasteiger partial charge >= 0.3 is 0 Å². The Bertz CT molecular complexity index is 1120. The van der Waals surface area contributed by atoms with Crippen LogP contribution in [0.5, 0.6) is 11.5 Å². The van der Waals surface area contributed by atoms with Gasteiger partial charge in [-0.25, -0.2) is 4.98 Å². The maximum absolute atomic E-state index is 13.3. The van der Waals surface area contributed by atoms with Crippen LogP contribution in [-0.2, 0) is 9.59 Å². The predicted molar refractivity (Wildman–Crippen MR) is 117 cm³/mol. The van der Waals surface area contributed by atoms with E-state index in [0.717, 1.165) is 29.7 Å². The van der Waals surface area contributed by atoms with Crippen molar-refractivity contribution in [3.63, 3.8) is 0 Å². The molecule has 1 saturated heterocycles. The Labute approximate surface area is 183 Å². The Kier molecular flexibility index (Phi) is 5.30. The van der Waals surface area contributed by atoms with Crippen molar-refractivity contribution in [1.82, 2.24) is 9.88 Å². The highest BCUT2D eigenvalue weighted by Gasteiger charge is 2.33. The van der Waals surface area contributed by atoms with Crippen LogP contribution >= 0.6 is 11.3 Å². The highest BCUT2D eigenvalue weighted by atomic mass is 32.1. The van der Waals surface area contributed by atoms with Gasteiger partial charge in [0.1, 0.15) is 6.04 Å². The third kappa shape index (κ3) is 3.98. The average molecular weight is 436 g/mol. The van der Waals surface area contributed by atoms with E-state index in [1.807, 2.05) is 53.9 Å². The second-order valence-corrected chi connectivity index (χ2v) is 8.31. The van der Waals surface area contributed by atoms with Crippen molar-refractivity contribution in [3.05, 3.63) is 59.5 Å². The molecule has 1 atom stereocenters. The molecule has 0 aliphatic carbocycles. The molecule has 3 heterocycles. The molecule has 0 spiro atoms. The van der Waals surface area contributed by atoms with Gasteiger partial charge in [0.25, 0.3) is 5.91 Å². The lowest BCUT2D eigenvalue weighted by Crippen LogP contribution is -2.43. The number of amides is 2. The molecule has 2 aliphatic heterocycles. The van der Waals surface area contributed by atoms with E-state index in [2.05, 4.69) is 10.3 Å². The minimum absolute atomic E-state index is 0.00967. The molecule has 31 heavy (non-hydrogen) atoms. The number of carbonyl (C=O) groups excluding carboxylic acids is 2. The van der Waals surface area contributed by atoms with E-state index < -0.39 is 6.04 Å². The van der Waals surface area contributed by atoms with Gasteiger partial charge in [0.2, 0.25) is 12.7 Å². The standard InChI is InChI=1S/C23H21N3O4S/c27-20-8-4-5-11-26(20)21(15-6-2-1-3-7-15)22(28)25-23-24-17(13-31-23)16-9-10-18-19(12-16)30-14-29-18/h1-3,6-7,9-10,12-13,21H,4-5,8,11,14H2,(H,24,25,28). The number of ether oxygens (including phenoxy) is 2. The lowest BCUT2D eigenvalue weighted by molar-refractivity contribution is -0.141. The summed E-state index contributed by atoms with van der Waals surface area (Å²) >= 11 is 1.35. The first-order chi connectivity index (χ1) is 15.2. The zero-order valence-electron chi connectivity index (χ0n) is 16.7. The maximum atomic E-state index is 13.3. The highest BCUT2D eigenvalue weighted by molar-refractivity contribution is 7.14. The Morgan fingerprint density at radius 3 is 2.77 bits per heavy atom. The molecule has 0 bridgehead atoms. The van der Waals surface area contributed by atoms with E-state index in [1.165, 1.54) is 11.3 Å². The molecule has 1 aromatic heterocycles. The molecule has 5 rings (SSSR count). The summed E-state index contributed by atoms with van der Waals surface area (Å²) in [4.78, 5) is 32.1. The molecule has 8 heteroatoms. The zero-order valence-corrected chi connectivity index (χ0v) is 17.6. The topological polar surface area (TPSA) is 80.8 Å². The summed E-state index contributed by atoms with van der Waals surface area (Å²) in [5.74, 6) is 1.15. The Morgan fingerprint density at radius 1 is 1.10 bits per heavy atom. The third-order valence-electron chi connectivity index (χ3n) is 5.44. The summed E-state index contributed by atoms with van der Waals surface area (Å²) in [6, 6.07) is 14.4. The molecule has 1 fully saturated rings. The minimum Gasteiger partial charge on any atom is -0.454 e. The Hall–Kier alpha value is -3.39. The SMILES string of the molecule is O=C(Nc1nc(-c2ccc3c(c2)OCO3)cs1)C(c1ccccc1)N1CCCCC1=O. The first-order valence-electron chi connectivity index (χ1n) is 10.2. The maximum Gasteiger partial charge on any atom is 0.253 e. The van der Waals surface area contributed by atoms with Gasteiger partial charge in [0.15, 0.2) is 16.6 Å². The largest absolute Gasteiger partial charge is 0.454 e. The molecule has 2 aliphatic rings. The number of aromatic nitrogens is 1. The van der Waals surface area contributed by atoms with E-state index >= 15 is 0 Å². The third-order valence-corrected chi connectivity index (χ3v) is 6.20. The van der Waals surface area contributed by atoms with Crippen LogP contribution in [0.25, 0.3) is 11.3 Å². The van der Waals surface area contributed by atoms with Gasteiger partial charge in [-0.2, -0.15) is 0 Å². The number of hydrogen-bond acceptors (Lipinski definition) is 6. The molecule has 0 radical (unpaired) electrons. The molecule has 2 amide bonds. The summed E-state index contributed by atoms with van der Waals surface area (Å²) in [5, 5.41) is 5.29. The molecule has 158 valence electrons. The number of fused-ring (bicyclic) bond motifs is 1. The zero-order chi connectivity index (χ0) is 21.2. The molecular formula is C23H21N3O4S. The fourth-order valence-corrected chi connectivity index (χ4v) is 4.62. The van der Waals surface area contributed by atoms with E-state index in [0.29, 0.717) is 29.6 Å². The summed E-state index contributed by atoms with van der Waals surface area (Å²) in [7, 11) is 0. The van der Waals surface area contributed by atoms with Gasteiger partial charge in [-0.05, 0) is 36.6 Å². The Morgan fingerprint density at radius 2 is 1.94 bits per heavy atom. The number of benzene rings is 2. The van der Waals surface area contributed by atoms with Crippen LogP contribution < -0.4 is 14.8 Å². The molecule has 7 nitrogen and oxygen atoms in total. The number of anilines is 1. The quantitative estimate of drug-likeness (QED) is 0.649. The van der Waals surface area contributed by atoms with Crippen LogP contribution in [0.15, 0.2) is 53.9 Å². The van der Waals surface area contributed by atoms with Crippen molar-refractivity contribution in [3.8, 4) is 22.8 Å². The van der Waals surface area contributed by atoms with Crippen LogP contribution in [0.3, 0.4) is 0 Å². The van der Waals surface area contributed by atoms with Gasteiger partial charge in [-0.1, -0.05) is 30.3 Å². The van der Waals surface area contributed by atoms with Gasteiger partial charge in [-0.15, -0.1) is 11.3 Å². The summed E-state index contributed by atoms with van der Waals surface area (Å²) in [5.41, 5.74) is 2.42. The number of carbonyl (C=O) groups is 2. The van der Waals surface area contributed by atoms with Crippen LogP contribution in [-0.4, -0.2) is 35.0 Å². The molecule has 1 unspecified atom stereocenters. The van der Waals surface area contributed by atoms with Crippen molar-refractivity contribution >= 4 is 28.3 Å². The number of likely N-dealkylation sites (tertiary alicyclic amines) is 1. The normalized spacial score (nSPS) is 16.3. The van der Waals surface area contributed by atoms with E-state index in [1.54, 1.807) is 4.90 Å². The van der Waals surface area contributed by atoms with Crippen LogP contribution in [0.1, 0.15) is 30.9 Å². The van der Waals surface area contributed by atoms with Crippen molar-refractivity contribution < 1.29 is 19.1 Å². The number of rotatable bonds is 5. The number of nitrogens with one attached hydrogen (secondary N) is 1. The molecular weight excluding hydrogens is 414 g/mol. The first kappa shape index (κ1) is 19.6. The molecule has 3 aromatic rings. The molecule has 1 N–H and O–H groups in total. The fraction of sp³-hybridized carbons (Fsp3) is 0.261. The number of nitrogens with zero attached hydrogens (tertiary/aromatic N) is 2. The van der Waals surface area contributed by atoms with Crippen LogP contribution in [0.4, 0.5) is 5.13 Å². The van der Waals surface area contributed by atoms with Crippen molar-refractivity contribution in [1.29, 1.82) is 0 Å². The average Bonchev–Trinajstić information content (AvgIpc) is 3.45. The predicted octanol–water partition coefficient (Wildman–Crippen LogP) is 4.23. The first-order valence-corrected chi connectivity index (χ1v) is 11.1. The van der Waals surface area contributed by atoms with Gasteiger partial charge in [0.05, 0.1) is 5.69 Å². The van der Waals surface area contributed by atoms with Gasteiger partial charge < -0.3 is 14.4 Å². The lowest BCUT2D eigenvalue weighted by atomic mass is 10.0. The van der Waals surface area contributed by atoms with Crippen molar-refractivity contribution in [2.45, 2.75) is 25.3 Å². The summed E-state index contributed by atoms with van der Waals surface area (Å²) in [6.07, 6.45) is 2.24. The van der Waals surface area contributed by atoms with E-state index in [-0.39, 0.29) is 18.6 Å². The van der Waals surface area contributed by atoms with Crippen LogP contribution in [0.2, 0.25) is 0 Å². The smallest absolute Gasteiger partial charge is 0.253 e. The minimum atomic E-state index is -0.674. The fourth-order valence-electron chi connectivity index (χ4n) is 3.90. The monoisotopic (exact) mass is 435 g/mol. The number of thiazole rings is 1. The molecule has 2 aromatic carbocycles. The van der Waals surface area contributed by atoms with Gasteiger partial charge in [0, 0.05) is 23.9 Å². The van der Waals surface area contributed by atoms with Crippen LogP contribution in [0, 0.1) is 0 Å². The number of piperidine rings is 1. The highest BCUT2D eigenvalue weighted by Crippen LogP contribution is 2.37. The summed E-state index contributed by atoms with van der Waals surface area (Å²) in [6.45, 7) is 0.791.